The van der Waals surface area contributed by atoms with Gasteiger partial charge in [0.15, 0.2) is 0 Å². The van der Waals surface area contributed by atoms with Gasteiger partial charge in [-0.1, -0.05) is 6.07 Å². The Balaban J connectivity index is 1.65. The minimum absolute atomic E-state index is 0.167. The quantitative estimate of drug-likeness (QED) is 0.276. The summed E-state index contributed by atoms with van der Waals surface area (Å²) in [6.45, 7) is 3.42. The number of aliphatic hydroxyl groups is 1. The normalized spacial score (nSPS) is 11.9. The number of nitrogens with one attached hydrogen (secondary N) is 3. The van der Waals surface area contributed by atoms with Crippen molar-refractivity contribution in [3.05, 3.63) is 83.6 Å². The number of aromatic nitrogens is 2. The van der Waals surface area contributed by atoms with Gasteiger partial charge >= 0.3 is 0 Å². The summed E-state index contributed by atoms with van der Waals surface area (Å²) < 4.78 is 20.2. The highest BCUT2D eigenvalue weighted by molar-refractivity contribution is 5.99. The van der Waals surface area contributed by atoms with Gasteiger partial charge < -0.3 is 25.5 Å². The van der Waals surface area contributed by atoms with Gasteiger partial charge in [-0.05, 0) is 73.4 Å². The molecule has 0 aliphatic carbocycles. The fraction of sp³-hybridized carbons (Fsp3) is 0.250. The molecule has 192 valence electrons. The van der Waals surface area contributed by atoms with Crippen LogP contribution in [0.1, 0.15) is 40.1 Å². The Morgan fingerprint density at radius 1 is 1.11 bits per heavy atom. The van der Waals surface area contributed by atoms with Crippen LogP contribution < -0.4 is 15.4 Å². The SMILES string of the molecule is CNC(=O)c1cc(F)cc(-c2ccc(OC(C)C)c(C(=O)NC(CO)Cc3c[nH]c4cnccc34)c2)c1. The zero-order chi connectivity index (χ0) is 26.5. The van der Waals surface area contributed by atoms with Gasteiger partial charge in [-0.15, -0.1) is 0 Å². The van der Waals surface area contributed by atoms with Crippen molar-refractivity contribution in [1.82, 2.24) is 20.6 Å². The number of aliphatic hydroxyl groups excluding tert-OH is 1. The van der Waals surface area contributed by atoms with Crippen molar-refractivity contribution in [2.45, 2.75) is 32.4 Å². The molecule has 4 aromatic rings. The predicted molar refractivity (Wildman–Crippen MR) is 139 cm³/mol. The molecule has 0 saturated heterocycles. The second-order valence-corrected chi connectivity index (χ2v) is 8.98. The van der Waals surface area contributed by atoms with Gasteiger partial charge in [0.25, 0.3) is 11.8 Å². The maximum Gasteiger partial charge on any atom is 0.255 e. The van der Waals surface area contributed by atoms with Crippen molar-refractivity contribution < 1.29 is 23.8 Å². The molecular weight excluding hydrogens is 475 g/mol. The third kappa shape index (κ3) is 5.95. The fourth-order valence-electron chi connectivity index (χ4n) is 4.17. The largest absolute Gasteiger partial charge is 0.490 e. The molecule has 0 fully saturated rings. The lowest BCUT2D eigenvalue weighted by atomic mass is 9.99. The van der Waals surface area contributed by atoms with Crippen LogP contribution in [0.4, 0.5) is 4.39 Å². The minimum atomic E-state index is -0.570. The number of nitrogens with zero attached hydrogens (tertiary/aromatic N) is 1. The maximum atomic E-state index is 14.3. The predicted octanol–water partition coefficient (Wildman–Crippen LogP) is 3.85. The number of H-pyrrole nitrogens is 1. The number of fused-ring (bicyclic) bond motifs is 1. The first kappa shape index (κ1) is 25.8. The van der Waals surface area contributed by atoms with Crippen LogP contribution in [0.15, 0.2) is 61.1 Å². The van der Waals surface area contributed by atoms with E-state index in [9.17, 15) is 19.1 Å². The molecule has 0 bridgehead atoms. The van der Waals surface area contributed by atoms with Gasteiger partial charge in [-0.2, -0.15) is 0 Å². The number of aromatic amines is 1. The molecule has 1 unspecified atom stereocenters. The van der Waals surface area contributed by atoms with Crippen LogP contribution in [0.2, 0.25) is 0 Å². The molecule has 0 radical (unpaired) electrons. The lowest BCUT2D eigenvalue weighted by molar-refractivity contribution is 0.0909. The first-order valence-corrected chi connectivity index (χ1v) is 11.9. The second kappa shape index (κ2) is 11.2. The second-order valence-electron chi connectivity index (χ2n) is 8.98. The number of halogens is 1. The van der Waals surface area contributed by atoms with Crippen LogP contribution in [0.3, 0.4) is 0 Å². The van der Waals surface area contributed by atoms with E-state index in [1.807, 2.05) is 26.1 Å². The number of rotatable bonds is 9. The molecule has 4 rings (SSSR count). The standard InChI is InChI=1S/C28H29FN4O4/c1-16(2)37-26-5-4-17(18-8-19(27(35)30-3)10-21(29)9-18)12-24(26)28(36)33-22(15-34)11-20-13-32-25-14-31-7-6-23(20)25/h4-10,12-14,16,22,32,34H,11,15H2,1-3H3,(H,30,35)(H,33,36). The van der Waals surface area contributed by atoms with E-state index in [0.29, 0.717) is 23.3 Å². The summed E-state index contributed by atoms with van der Waals surface area (Å²) in [5.74, 6) is -1.08. The van der Waals surface area contributed by atoms with E-state index in [2.05, 4.69) is 20.6 Å². The number of ether oxygens (including phenoxy) is 1. The smallest absolute Gasteiger partial charge is 0.255 e. The average molecular weight is 505 g/mol. The van der Waals surface area contributed by atoms with E-state index in [0.717, 1.165) is 22.5 Å². The van der Waals surface area contributed by atoms with Crippen molar-refractivity contribution in [1.29, 1.82) is 0 Å². The fourth-order valence-corrected chi connectivity index (χ4v) is 4.17. The van der Waals surface area contributed by atoms with Crippen molar-refractivity contribution in [2.24, 2.45) is 0 Å². The van der Waals surface area contributed by atoms with Crippen LogP contribution >= 0.6 is 0 Å². The molecule has 0 aliphatic rings. The zero-order valence-electron chi connectivity index (χ0n) is 20.8. The highest BCUT2D eigenvalue weighted by atomic mass is 19.1. The third-order valence-electron chi connectivity index (χ3n) is 5.90. The molecule has 1 atom stereocenters. The lowest BCUT2D eigenvalue weighted by Gasteiger charge is -2.19. The highest BCUT2D eigenvalue weighted by Crippen LogP contribution is 2.29. The Morgan fingerprint density at radius 3 is 2.65 bits per heavy atom. The summed E-state index contributed by atoms with van der Waals surface area (Å²) in [6.07, 6.45) is 5.44. The Bertz CT molecular complexity index is 1430. The minimum Gasteiger partial charge on any atom is -0.490 e. The van der Waals surface area contributed by atoms with E-state index in [1.54, 1.807) is 36.7 Å². The molecule has 4 N–H and O–H groups in total. The van der Waals surface area contributed by atoms with Crippen LogP contribution in [-0.2, 0) is 6.42 Å². The molecule has 0 saturated carbocycles. The van der Waals surface area contributed by atoms with Gasteiger partial charge in [0.1, 0.15) is 11.6 Å². The zero-order valence-corrected chi connectivity index (χ0v) is 20.8. The summed E-state index contributed by atoms with van der Waals surface area (Å²) in [7, 11) is 1.47. The number of benzene rings is 2. The first-order valence-electron chi connectivity index (χ1n) is 11.9. The Morgan fingerprint density at radius 2 is 1.92 bits per heavy atom. The van der Waals surface area contributed by atoms with Crippen molar-refractivity contribution in [3.8, 4) is 16.9 Å². The molecule has 0 spiro atoms. The number of hydrogen-bond donors (Lipinski definition) is 4. The van der Waals surface area contributed by atoms with E-state index in [-0.39, 0.29) is 23.8 Å². The molecule has 2 aromatic carbocycles. The molecule has 0 aliphatic heterocycles. The number of amides is 2. The van der Waals surface area contributed by atoms with Gasteiger partial charge in [0.05, 0.1) is 36.0 Å². The lowest BCUT2D eigenvalue weighted by Crippen LogP contribution is -2.39. The number of carbonyl (C=O) groups excluding carboxylic acids is 2. The summed E-state index contributed by atoms with van der Waals surface area (Å²) in [4.78, 5) is 32.7. The first-order chi connectivity index (χ1) is 17.8. The van der Waals surface area contributed by atoms with E-state index in [1.165, 1.54) is 13.1 Å². The van der Waals surface area contributed by atoms with Crippen LogP contribution in [0.5, 0.6) is 5.75 Å². The summed E-state index contributed by atoms with van der Waals surface area (Å²) in [5.41, 5.74) is 3.18. The maximum absolute atomic E-state index is 14.3. The topological polar surface area (TPSA) is 116 Å². The van der Waals surface area contributed by atoms with Crippen LogP contribution in [0.25, 0.3) is 22.0 Å². The Kier molecular flexibility index (Phi) is 7.83. The monoisotopic (exact) mass is 504 g/mol. The number of pyridine rings is 1. The van der Waals surface area contributed by atoms with Gasteiger partial charge in [-0.25, -0.2) is 4.39 Å². The molecule has 9 heteroatoms. The van der Waals surface area contributed by atoms with E-state index in [4.69, 9.17) is 4.74 Å². The van der Waals surface area contributed by atoms with Crippen molar-refractivity contribution in [2.75, 3.05) is 13.7 Å². The molecule has 8 nitrogen and oxygen atoms in total. The molecule has 37 heavy (non-hydrogen) atoms. The molecule has 2 heterocycles. The number of carbonyl (C=O) groups is 2. The van der Waals surface area contributed by atoms with Gasteiger partial charge in [0, 0.05) is 30.4 Å². The van der Waals surface area contributed by atoms with Gasteiger partial charge in [-0.3, -0.25) is 14.6 Å². The highest BCUT2D eigenvalue weighted by Gasteiger charge is 2.21. The third-order valence-corrected chi connectivity index (χ3v) is 5.90. The average Bonchev–Trinajstić information content (AvgIpc) is 3.29. The van der Waals surface area contributed by atoms with Crippen molar-refractivity contribution in [3.63, 3.8) is 0 Å². The summed E-state index contributed by atoms with van der Waals surface area (Å²) >= 11 is 0. The molecule has 2 amide bonds. The Labute approximate surface area is 213 Å². The molecule has 2 aromatic heterocycles. The van der Waals surface area contributed by atoms with Crippen molar-refractivity contribution >= 4 is 22.7 Å². The van der Waals surface area contributed by atoms with E-state index < -0.39 is 23.7 Å². The Hall–Kier alpha value is -4.24. The molecular formula is C28H29FN4O4. The number of hydrogen-bond acceptors (Lipinski definition) is 5. The van der Waals surface area contributed by atoms with Crippen LogP contribution in [0, 0.1) is 5.82 Å². The summed E-state index contributed by atoms with van der Waals surface area (Å²) in [6, 6.07) is 10.3. The summed E-state index contributed by atoms with van der Waals surface area (Å²) in [5, 5.41) is 16.4. The van der Waals surface area contributed by atoms with Gasteiger partial charge in [0.2, 0.25) is 0 Å². The van der Waals surface area contributed by atoms with Crippen LogP contribution in [-0.4, -0.2) is 52.7 Å². The van der Waals surface area contributed by atoms with E-state index >= 15 is 0 Å².